The van der Waals surface area contributed by atoms with Crippen LogP contribution in [0.4, 0.5) is 10.1 Å². The lowest BCUT2D eigenvalue weighted by Gasteiger charge is -2.05. The topological polar surface area (TPSA) is 70.7 Å². The van der Waals surface area contributed by atoms with Crippen molar-refractivity contribution in [1.82, 2.24) is 15.0 Å². The quantitative estimate of drug-likeness (QED) is 0.396. The van der Waals surface area contributed by atoms with Crippen LogP contribution in [-0.2, 0) is 4.79 Å². The van der Waals surface area contributed by atoms with E-state index in [9.17, 15) is 9.18 Å². The molecule has 0 aliphatic heterocycles. The van der Waals surface area contributed by atoms with Gasteiger partial charge in [0.2, 0.25) is 5.91 Å². The molecule has 0 spiro atoms. The van der Waals surface area contributed by atoms with E-state index < -0.39 is 5.82 Å². The number of aromatic nitrogens is 3. The zero-order valence-corrected chi connectivity index (χ0v) is 15.0. The molecule has 0 saturated carbocycles. The van der Waals surface area contributed by atoms with Crippen molar-refractivity contribution >= 4 is 34.4 Å². The van der Waals surface area contributed by atoms with E-state index in [4.69, 9.17) is 0 Å². The molecule has 0 unspecified atom stereocenters. The molecular formula is C20H15FN4OS. The van der Waals surface area contributed by atoms with Gasteiger partial charge in [0.1, 0.15) is 22.7 Å². The van der Waals surface area contributed by atoms with E-state index in [0.717, 1.165) is 22.2 Å². The summed E-state index contributed by atoms with van der Waals surface area (Å²) in [6, 6.07) is 15.8. The molecule has 2 aromatic carbocycles. The van der Waals surface area contributed by atoms with Crippen molar-refractivity contribution in [2.24, 2.45) is 0 Å². The lowest BCUT2D eigenvalue weighted by atomic mass is 10.1. The van der Waals surface area contributed by atoms with Crippen molar-refractivity contribution in [3.05, 3.63) is 72.9 Å². The molecule has 0 saturated heterocycles. The number of aromatic amines is 1. The van der Waals surface area contributed by atoms with Crippen LogP contribution in [0, 0.1) is 5.82 Å². The number of fused-ring (bicyclic) bond motifs is 1. The Morgan fingerprint density at radius 3 is 2.78 bits per heavy atom. The predicted octanol–water partition coefficient (Wildman–Crippen LogP) is 4.49. The molecule has 0 atom stereocenters. The third-order valence-corrected chi connectivity index (χ3v) is 4.95. The molecule has 0 aliphatic rings. The van der Waals surface area contributed by atoms with Gasteiger partial charge in [-0.25, -0.2) is 14.4 Å². The summed E-state index contributed by atoms with van der Waals surface area (Å²) in [4.78, 5) is 24.0. The zero-order valence-electron chi connectivity index (χ0n) is 14.1. The van der Waals surface area contributed by atoms with Gasteiger partial charge < -0.3 is 10.3 Å². The fourth-order valence-corrected chi connectivity index (χ4v) is 3.52. The second-order valence-corrected chi connectivity index (χ2v) is 6.78. The summed E-state index contributed by atoms with van der Waals surface area (Å²) >= 11 is 1.30. The summed E-state index contributed by atoms with van der Waals surface area (Å²) in [6.07, 6.45) is 3.39. The standard InChI is InChI=1S/C20H15FN4OS/c21-14-7-4-8-15(9-14)25-17(26)11-27-20-19-18(23-12-24-20)16(10-22-19)13-5-2-1-3-6-13/h1-10,12,22H,11H2,(H,25,26). The van der Waals surface area contributed by atoms with E-state index in [1.807, 2.05) is 36.5 Å². The van der Waals surface area contributed by atoms with Gasteiger partial charge in [0.05, 0.1) is 11.3 Å². The minimum absolute atomic E-state index is 0.155. The molecule has 4 aromatic rings. The van der Waals surface area contributed by atoms with Gasteiger partial charge in [-0.05, 0) is 23.8 Å². The van der Waals surface area contributed by atoms with Crippen LogP contribution in [0.15, 0.2) is 72.1 Å². The Kier molecular flexibility index (Phi) is 4.84. The molecule has 0 aliphatic carbocycles. The van der Waals surface area contributed by atoms with E-state index >= 15 is 0 Å². The summed E-state index contributed by atoms with van der Waals surface area (Å²) in [5.74, 6) is -0.465. The van der Waals surface area contributed by atoms with E-state index in [1.165, 1.54) is 30.2 Å². The van der Waals surface area contributed by atoms with Gasteiger partial charge in [-0.1, -0.05) is 48.2 Å². The maximum Gasteiger partial charge on any atom is 0.234 e. The van der Waals surface area contributed by atoms with Crippen LogP contribution in [0.2, 0.25) is 0 Å². The van der Waals surface area contributed by atoms with Crippen molar-refractivity contribution < 1.29 is 9.18 Å². The van der Waals surface area contributed by atoms with Crippen LogP contribution in [0.5, 0.6) is 0 Å². The Balaban J connectivity index is 1.51. The molecule has 0 radical (unpaired) electrons. The highest BCUT2D eigenvalue weighted by Crippen LogP contribution is 2.31. The number of hydrogen-bond donors (Lipinski definition) is 2. The smallest absolute Gasteiger partial charge is 0.234 e. The lowest BCUT2D eigenvalue weighted by molar-refractivity contribution is -0.113. The first-order chi connectivity index (χ1) is 13.2. The number of H-pyrrole nitrogens is 1. The fourth-order valence-electron chi connectivity index (χ4n) is 2.76. The number of benzene rings is 2. The summed E-state index contributed by atoms with van der Waals surface area (Å²) in [7, 11) is 0. The molecule has 5 nitrogen and oxygen atoms in total. The number of rotatable bonds is 5. The number of carbonyl (C=O) groups is 1. The normalized spacial score (nSPS) is 10.9. The first kappa shape index (κ1) is 17.2. The van der Waals surface area contributed by atoms with Crippen molar-refractivity contribution in [1.29, 1.82) is 0 Å². The average molecular weight is 378 g/mol. The third kappa shape index (κ3) is 3.83. The molecule has 7 heteroatoms. The second kappa shape index (κ2) is 7.59. The molecule has 27 heavy (non-hydrogen) atoms. The number of nitrogens with zero attached hydrogens (tertiary/aromatic N) is 2. The molecule has 134 valence electrons. The van der Waals surface area contributed by atoms with Gasteiger partial charge in [-0.15, -0.1) is 0 Å². The van der Waals surface area contributed by atoms with Crippen molar-refractivity contribution in [3.8, 4) is 11.1 Å². The van der Waals surface area contributed by atoms with E-state index in [0.29, 0.717) is 10.7 Å². The maximum atomic E-state index is 13.2. The van der Waals surface area contributed by atoms with Crippen molar-refractivity contribution in [2.75, 3.05) is 11.1 Å². The Morgan fingerprint density at radius 1 is 1.11 bits per heavy atom. The van der Waals surface area contributed by atoms with Crippen LogP contribution in [-0.4, -0.2) is 26.6 Å². The summed E-state index contributed by atoms with van der Waals surface area (Å²) in [6.45, 7) is 0. The first-order valence-corrected chi connectivity index (χ1v) is 9.25. The fraction of sp³-hybridized carbons (Fsp3) is 0.0500. The highest BCUT2D eigenvalue weighted by Gasteiger charge is 2.13. The Labute approximate surface area is 159 Å². The van der Waals surface area contributed by atoms with Crippen LogP contribution >= 0.6 is 11.8 Å². The van der Waals surface area contributed by atoms with E-state index in [-0.39, 0.29) is 11.7 Å². The van der Waals surface area contributed by atoms with Crippen molar-refractivity contribution in [2.45, 2.75) is 5.03 Å². The molecular weight excluding hydrogens is 363 g/mol. The first-order valence-electron chi connectivity index (χ1n) is 8.26. The van der Waals surface area contributed by atoms with Crippen LogP contribution in [0.3, 0.4) is 0 Å². The Hall–Kier alpha value is -3.19. The van der Waals surface area contributed by atoms with Gasteiger partial charge in [-0.3, -0.25) is 4.79 Å². The minimum atomic E-state index is -0.391. The SMILES string of the molecule is O=C(CSc1ncnc2c(-c3ccccc3)c[nH]c12)Nc1cccc(F)c1. The number of nitrogens with one attached hydrogen (secondary N) is 2. The van der Waals surface area contributed by atoms with Crippen LogP contribution in [0.25, 0.3) is 22.2 Å². The average Bonchev–Trinajstić information content (AvgIpc) is 3.12. The minimum Gasteiger partial charge on any atom is -0.357 e. The maximum absolute atomic E-state index is 13.2. The Bertz CT molecular complexity index is 1100. The second-order valence-electron chi connectivity index (χ2n) is 5.82. The zero-order chi connectivity index (χ0) is 18.6. The molecule has 2 heterocycles. The summed E-state index contributed by atoms with van der Waals surface area (Å²) in [5, 5.41) is 3.37. The number of carbonyl (C=O) groups excluding carboxylic acids is 1. The van der Waals surface area contributed by atoms with E-state index in [1.54, 1.807) is 12.1 Å². The van der Waals surface area contributed by atoms with E-state index in [2.05, 4.69) is 20.3 Å². The third-order valence-electron chi connectivity index (χ3n) is 3.96. The molecule has 4 rings (SSSR count). The largest absolute Gasteiger partial charge is 0.357 e. The number of amides is 1. The molecule has 0 fully saturated rings. The van der Waals surface area contributed by atoms with Gasteiger partial charge in [0.25, 0.3) is 0 Å². The van der Waals surface area contributed by atoms with Gasteiger partial charge in [0, 0.05) is 17.4 Å². The summed E-state index contributed by atoms with van der Waals surface area (Å²) in [5.41, 5.74) is 4.07. The molecule has 2 N–H and O–H groups in total. The predicted molar refractivity (Wildman–Crippen MR) is 105 cm³/mol. The number of anilines is 1. The Morgan fingerprint density at radius 2 is 1.96 bits per heavy atom. The van der Waals surface area contributed by atoms with Crippen LogP contribution in [0.1, 0.15) is 0 Å². The molecule has 2 aromatic heterocycles. The lowest BCUT2D eigenvalue weighted by Crippen LogP contribution is -2.14. The number of halogens is 1. The molecule has 1 amide bonds. The number of hydrogen-bond acceptors (Lipinski definition) is 4. The van der Waals surface area contributed by atoms with Gasteiger partial charge in [-0.2, -0.15) is 0 Å². The highest BCUT2D eigenvalue weighted by molar-refractivity contribution is 8.00. The number of thioether (sulfide) groups is 1. The van der Waals surface area contributed by atoms with Gasteiger partial charge >= 0.3 is 0 Å². The van der Waals surface area contributed by atoms with Crippen LogP contribution < -0.4 is 5.32 Å². The molecule has 0 bridgehead atoms. The van der Waals surface area contributed by atoms with Crippen molar-refractivity contribution in [3.63, 3.8) is 0 Å². The van der Waals surface area contributed by atoms with Gasteiger partial charge in [0.15, 0.2) is 0 Å². The monoisotopic (exact) mass is 378 g/mol. The highest BCUT2D eigenvalue weighted by atomic mass is 32.2. The summed E-state index contributed by atoms with van der Waals surface area (Å²) < 4.78 is 13.2.